The number of nitrogen functional groups attached to an aromatic ring is 1. The van der Waals surface area contributed by atoms with Gasteiger partial charge in [-0.2, -0.15) is 4.37 Å². The minimum absolute atomic E-state index is 0.655. The van der Waals surface area contributed by atoms with Gasteiger partial charge < -0.3 is 10.6 Å². The first kappa shape index (κ1) is 9.77. The van der Waals surface area contributed by atoms with Gasteiger partial charge in [0.2, 0.25) is 0 Å². The molecule has 0 radical (unpaired) electrons. The summed E-state index contributed by atoms with van der Waals surface area (Å²) in [6.45, 7) is 4.53. The molecule has 0 bridgehead atoms. The van der Waals surface area contributed by atoms with E-state index in [4.69, 9.17) is 5.73 Å². The van der Waals surface area contributed by atoms with Crippen molar-refractivity contribution in [3.63, 3.8) is 0 Å². The summed E-state index contributed by atoms with van der Waals surface area (Å²) in [5.74, 6) is 1.58. The van der Waals surface area contributed by atoms with Gasteiger partial charge in [-0.1, -0.05) is 6.92 Å². The van der Waals surface area contributed by atoms with Crippen LogP contribution < -0.4 is 10.6 Å². The average Bonchev–Trinajstić information content (AvgIpc) is 2.87. The van der Waals surface area contributed by atoms with Crippen LogP contribution in [0.2, 0.25) is 0 Å². The molecule has 1 heterocycles. The highest BCUT2D eigenvalue weighted by atomic mass is 32.1. The van der Waals surface area contributed by atoms with E-state index in [9.17, 15) is 0 Å². The van der Waals surface area contributed by atoms with Crippen molar-refractivity contribution in [2.45, 2.75) is 26.2 Å². The number of hydrogen-bond donors (Lipinski definition) is 1. The van der Waals surface area contributed by atoms with Gasteiger partial charge in [-0.3, -0.25) is 0 Å². The lowest BCUT2D eigenvalue weighted by atomic mass is 10.3. The molecule has 1 aromatic heterocycles. The first-order valence-corrected chi connectivity index (χ1v) is 6.04. The van der Waals surface area contributed by atoms with Crippen LogP contribution in [0, 0.1) is 5.92 Å². The molecular weight excluding hydrogens is 194 g/mol. The van der Waals surface area contributed by atoms with E-state index in [0.717, 1.165) is 12.5 Å². The molecule has 1 aliphatic rings. The molecule has 2 rings (SSSR count). The summed E-state index contributed by atoms with van der Waals surface area (Å²) in [4.78, 5) is 2.42. The van der Waals surface area contributed by atoms with Crippen molar-refractivity contribution in [1.29, 1.82) is 0 Å². The van der Waals surface area contributed by atoms with Gasteiger partial charge >= 0.3 is 0 Å². The third-order valence-corrected chi connectivity index (χ3v) is 3.36. The number of rotatable bonds is 5. The molecular formula is C10H17N3S. The van der Waals surface area contributed by atoms with Gasteiger partial charge in [0.1, 0.15) is 10.8 Å². The van der Waals surface area contributed by atoms with E-state index in [1.807, 2.05) is 6.07 Å². The minimum Gasteiger partial charge on any atom is -0.383 e. The van der Waals surface area contributed by atoms with Crippen LogP contribution in [0.4, 0.5) is 10.8 Å². The van der Waals surface area contributed by atoms with Crippen LogP contribution in [0.1, 0.15) is 26.2 Å². The maximum atomic E-state index is 5.63. The molecule has 2 N–H and O–H groups in total. The molecule has 0 saturated heterocycles. The van der Waals surface area contributed by atoms with Crippen molar-refractivity contribution >= 4 is 22.4 Å². The van der Waals surface area contributed by atoms with E-state index < -0.39 is 0 Å². The number of aromatic nitrogens is 1. The maximum Gasteiger partial charge on any atom is 0.139 e. The second kappa shape index (κ2) is 4.17. The van der Waals surface area contributed by atoms with Gasteiger partial charge in [0, 0.05) is 19.2 Å². The second-order valence-electron chi connectivity index (χ2n) is 3.98. The van der Waals surface area contributed by atoms with Crippen LogP contribution in [-0.2, 0) is 0 Å². The monoisotopic (exact) mass is 211 g/mol. The molecule has 78 valence electrons. The Labute approximate surface area is 89.1 Å². The van der Waals surface area contributed by atoms with Crippen LogP contribution in [0.5, 0.6) is 0 Å². The summed E-state index contributed by atoms with van der Waals surface area (Å²) in [5.41, 5.74) is 5.63. The molecule has 1 saturated carbocycles. The Morgan fingerprint density at radius 3 is 2.93 bits per heavy atom. The Kier molecular flexibility index (Phi) is 2.91. The van der Waals surface area contributed by atoms with Crippen LogP contribution in [0.15, 0.2) is 6.07 Å². The fourth-order valence-corrected chi connectivity index (χ4v) is 2.31. The highest BCUT2D eigenvalue weighted by Crippen LogP contribution is 2.33. The number of hydrogen-bond acceptors (Lipinski definition) is 4. The Hall–Kier alpha value is -0.770. The molecule has 1 aromatic rings. The first-order valence-electron chi connectivity index (χ1n) is 5.26. The van der Waals surface area contributed by atoms with Crippen molar-refractivity contribution in [1.82, 2.24) is 4.37 Å². The van der Waals surface area contributed by atoms with E-state index in [0.29, 0.717) is 5.82 Å². The quantitative estimate of drug-likeness (QED) is 0.813. The van der Waals surface area contributed by atoms with E-state index >= 15 is 0 Å². The first-order chi connectivity index (χ1) is 6.79. The summed E-state index contributed by atoms with van der Waals surface area (Å²) < 4.78 is 4.13. The molecule has 3 nitrogen and oxygen atoms in total. The predicted molar refractivity (Wildman–Crippen MR) is 61.8 cm³/mol. The van der Waals surface area contributed by atoms with Crippen molar-refractivity contribution < 1.29 is 0 Å². The highest BCUT2D eigenvalue weighted by Gasteiger charge is 2.24. The number of nitrogens with two attached hydrogens (primary N) is 1. The zero-order valence-corrected chi connectivity index (χ0v) is 9.39. The topological polar surface area (TPSA) is 42.1 Å². The van der Waals surface area contributed by atoms with Gasteiger partial charge in [0.05, 0.1) is 0 Å². The third-order valence-electron chi connectivity index (χ3n) is 2.50. The predicted octanol–water partition coefficient (Wildman–Crippen LogP) is 2.35. The van der Waals surface area contributed by atoms with Gasteiger partial charge in [0.15, 0.2) is 0 Å². The minimum atomic E-state index is 0.655. The number of nitrogens with zero attached hydrogens (tertiary/aromatic N) is 2. The zero-order chi connectivity index (χ0) is 9.97. The van der Waals surface area contributed by atoms with Crippen LogP contribution in [-0.4, -0.2) is 17.5 Å². The van der Waals surface area contributed by atoms with E-state index in [2.05, 4.69) is 16.2 Å². The smallest absolute Gasteiger partial charge is 0.139 e. The third kappa shape index (κ3) is 2.38. The lowest BCUT2D eigenvalue weighted by molar-refractivity contribution is 0.713. The van der Waals surface area contributed by atoms with Gasteiger partial charge in [-0.25, -0.2) is 0 Å². The summed E-state index contributed by atoms with van der Waals surface area (Å²) in [7, 11) is 0. The fraction of sp³-hybridized carbons (Fsp3) is 0.700. The summed E-state index contributed by atoms with van der Waals surface area (Å²) >= 11 is 1.52. The van der Waals surface area contributed by atoms with Crippen molar-refractivity contribution in [3.05, 3.63) is 6.07 Å². The van der Waals surface area contributed by atoms with Gasteiger partial charge in [0.25, 0.3) is 0 Å². The molecule has 0 aromatic carbocycles. The summed E-state index contributed by atoms with van der Waals surface area (Å²) in [5, 5.41) is 1.23. The summed E-state index contributed by atoms with van der Waals surface area (Å²) in [6.07, 6.45) is 3.98. The number of anilines is 2. The lowest BCUT2D eigenvalue weighted by Gasteiger charge is -2.21. The largest absolute Gasteiger partial charge is 0.383 e. The maximum absolute atomic E-state index is 5.63. The van der Waals surface area contributed by atoms with Crippen molar-refractivity contribution in [2.24, 2.45) is 5.92 Å². The normalized spacial score (nSPS) is 15.8. The van der Waals surface area contributed by atoms with E-state index in [1.54, 1.807) is 0 Å². The van der Waals surface area contributed by atoms with Crippen molar-refractivity contribution in [3.8, 4) is 0 Å². The standard InChI is InChI=1S/C10H17N3S/c1-2-5-13(7-8-3-4-8)10-6-9(11)12-14-10/h6,8H,2-5,7H2,1H3,(H2,11,12). The van der Waals surface area contributed by atoms with Crippen molar-refractivity contribution in [2.75, 3.05) is 23.7 Å². The summed E-state index contributed by atoms with van der Waals surface area (Å²) in [6, 6.07) is 1.99. The van der Waals surface area contributed by atoms with E-state index in [-0.39, 0.29) is 0 Å². The Morgan fingerprint density at radius 2 is 2.43 bits per heavy atom. The molecule has 0 spiro atoms. The van der Waals surface area contributed by atoms with Crippen LogP contribution >= 0.6 is 11.5 Å². The molecule has 1 aliphatic carbocycles. The highest BCUT2D eigenvalue weighted by molar-refractivity contribution is 7.10. The fourth-order valence-electron chi connectivity index (χ4n) is 1.60. The lowest BCUT2D eigenvalue weighted by Crippen LogP contribution is -2.25. The van der Waals surface area contributed by atoms with E-state index in [1.165, 1.54) is 42.3 Å². The van der Waals surface area contributed by atoms with Gasteiger partial charge in [-0.05, 0) is 36.7 Å². The molecule has 0 atom stereocenters. The SMILES string of the molecule is CCCN(CC1CC1)c1cc(N)ns1. The van der Waals surface area contributed by atoms with Gasteiger partial charge in [-0.15, -0.1) is 0 Å². The zero-order valence-electron chi connectivity index (χ0n) is 8.57. The van der Waals surface area contributed by atoms with Crippen LogP contribution in [0.25, 0.3) is 0 Å². The molecule has 14 heavy (non-hydrogen) atoms. The molecule has 4 heteroatoms. The van der Waals surface area contributed by atoms with Crippen LogP contribution in [0.3, 0.4) is 0 Å². The molecule has 1 fully saturated rings. The molecule has 0 amide bonds. The Morgan fingerprint density at radius 1 is 1.64 bits per heavy atom. The molecule has 0 unspecified atom stereocenters. The Bertz CT molecular complexity index is 293. The average molecular weight is 211 g/mol. The Balaban J connectivity index is 2.00. The second-order valence-corrected chi connectivity index (χ2v) is 4.76. The molecule has 0 aliphatic heterocycles.